The molecular weight excluding hydrogens is 262 g/mol. The maximum absolute atomic E-state index is 12.9. The van der Waals surface area contributed by atoms with Gasteiger partial charge in [-0.1, -0.05) is 17.7 Å². The molecule has 0 spiro atoms. The number of aryl methyl sites for hydroxylation is 1. The average Bonchev–Trinajstić information content (AvgIpc) is 3.24. The number of nitrogens with zero attached hydrogens (tertiary/aromatic N) is 2. The highest BCUT2D eigenvalue weighted by molar-refractivity contribution is 6.05. The topological polar surface area (TPSA) is 51.3 Å². The highest BCUT2D eigenvalue weighted by atomic mass is 16.2. The van der Waals surface area contributed by atoms with Crippen LogP contribution in [0.15, 0.2) is 36.5 Å². The molecule has 1 heterocycles. The summed E-state index contributed by atoms with van der Waals surface area (Å²) in [6, 6.07) is 10.3. The lowest BCUT2D eigenvalue weighted by molar-refractivity contribution is 0.0979. The number of benzene rings is 1. The van der Waals surface area contributed by atoms with Gasteiger partial charge in [0.25, 0.3) is 5.91 Å². The predicted molar refractivity (Wildman–Crippen MR) is 85.6 cm³/mol. The summed E-state index contributed by atoms with van der Waals surface area (Å²) >= 11 is 0. The van der Waals surface area contributed by atoms with Crippen LogP contribution < -0.4 is 10.6 Å². The van der Waals surface area contributed by atoms with Crippen molar-refractivity contribution in [3.63, 3.8) is 0 Å². The van der Waals surface area contributed by atoms with Gasteiger partial charge in [0.2, 0.25) is 0 Å². The third kappa shape index (κ3) is 2.66. The summed E-state index contributed by atoms with van der Waals surface area (Å²) in [5.41, 5.74) is 9.35. The maximum Gasteiger partial charge on any atom is 0.274 e. The van der Waals surface area contributed by atoms with E-state index < -0.39 is 0 Å². The number of aromatic nitrogens is 1. The van der Waals surface area contributed by atoms with E-state index in [9.17, 15) is 4.79 Å². The lowest BCUT2D eigenvalue weighted by Gasteiger charge is -2.22. The molecule has 0 unspecified atom stereocenters. The van der Waals surface area contributed by atoms with Gasteiger partial charge in [0.15, 0.2) is 0 Å². The Balaban J connectivity index is 1.93. The van der Waals surface area contributed by atoms with Crippen LogP contribution >= 0.6 is 0 Å². The number of carbonyl (C=O) groups is 1. The molecule has 0 atom stereocenters. The summed E-state index contributed by atoms with van der Waals surface area (Å²) in [7, 11) is 0. The highest BCUT2D eigenvalue weighted by Gasteiger charge is 2.29. The third-order valence-corrected chi connectivity index (χ3v) is 3.94. The van der Waals surface area contributed by atoms with Crippen LogP contribution in [-0.2, 0) is 0 Å². The standard InChI is InChI=1S/C17H21N3O/c1-3-19(14-6-4-12(2)5-7-14)17(21)16-10-13(18)11-20(16)15-8-9-15/h4-7,10-11,15H,3,8-9,18H2,1-2H3. The first kappa shape index (κ1) is 13.7. The number of hydrogen-bond acceptors (Lipinski definition) is 2. The number of nitrogens with two attached hydrogens (primary N) is 1. The molecule has 1 aliphatic carbocycles. The number of rotatable bonds is 4. The van der Waals surface area contributed by atoms with E-state index in [0.29, 0.717) is 24.0 Å². The van der Waals surface area contributed by atoms with E-state index in [4.69, 9.17) is 5.73 Å². The summed E-state index contributed by atoms with van der Waals surface area (Å²) in [5, 5.41) is 0. The molecule has 21 heavy (non-hydrogen) atoms. The first-order valence-electron chi connectivity index (χ1n) is 7.46. The number of carbonyl (C=O) groups excluding carboxylic acids is 1. The molecule has 2 N–H and O–H groups in total. The van der Waals surface area contributed by atoms with Crippen molar-refractivity contribution in [3.8, 4) is 0 Å². The third-order valence-electron chi connectivity index (χ3n) is 3.94. The molecule has 110 valence electrons. The molecule has 0 radical (unpaired) electrons. The minimum absolute atomic E-state index is 0.0185. The van der Waals surface area contributed by atoms with Crippen LogP contribution in [0.25, 0.3) is 0 Å². The molecule has 1 aliphatic rings. The molecule has 1 amide bonds. The SMILES string of the molecule is CCN(C(=O)c1cc(N)cn1C1CC1)c1ccc(C)cc1. The van der Waals surface area contributed by atoms with Gasteiger partial charge in [-0.15, -0.1) is 0 Å². The molecule has 0 bridgehead atoms. The Morgan fingerprint density at radius 3 is 2.57 bits per heavy atom. The quantitative estimate of drug-likeness (QED) is 0.935. The largest absolute Gasteiger partial charge is 0.397 e. The Morgan fingerprint density at radius 2 is 2.00 bits per heavy atom. The molecule has 0 saturated heterocycles. The van der Waals surface area contributed by atoms with E-state index in [1.165, 1.54) is 5.56 Å². The zero-order chi connectivity index (χ0) is 15.0. The molecule has 1 fully saturated rings. The van der Waals surface area contributed by atoms with Gasteiger partial charge in [-0.2, -0.15) is 0 Å². The van der Waals surface area contributed by atoms with Gasteiger partial charge in [-0.05, 0) is 44.9 Å². The Kier molecular flexibility index (Phi) is 3.45. The number of anilines is 2. The first-order valence-corrected chi connectivity index (χ1v) is 7.46. The summed E-state index contributed by atoms with van der Waals surface area (Å²) in [5.74, 6) is 0.0185. The van der Waals surface area contributed by atoms with E-state index in [0.717, 1.165) is 18.5 Å². The van der Waals surface area contributed by atoms with Crippen molar-refractivity contribution < 1.29 is 4.79 Å². The molecule has 1 saturated carbocycles. The van der Waals surface area contributed by atoms with Crippen molar-refractivity contribution in [3.05, 3.63) is 47.8 Å². The second-order valence-electron chi connectivity index (χ2n) is 5.68. The lowest BCUT2D eigenvalue weighted by atomic mass is 10.2. The lowest BCUT2D eigenvalue weighted by Crippen LogP contribution is -2.32. The highest BCUT2D eigenvalue weighted by Crippen LogP contribution is 2.37. The monoisotopic (exact) mass is 283 g/mol. The number of nitrogen functional groups attached to an aromatic ring is 1. The fourth-order valence-electron chi connectivity index (χ4n) is 2.63. The van der Waals surface area contributed by atoms with Gasteiger partial charge in [0, 0.05) is 24.5 Å². The van der Waals surface area contributed by atoms with Crippen LogP contribution in [0.4, 0.5) is 11.4 Å². The zero-order valence-electron chi connectivity index (χ0n) is 12.5. The fraction of sp³-hybridized carbons (Fsp3) is 0.353. The molecule has 4 heteroatoms. The van der Waals surface area contributed by atoms with Gasteiger partial charge in [-0.3, -0.25) is 4.79 Å². The molecule has 0 aliphatic heterocycles. The molecule has 4 nitrogen and oxygen atoms in total. The second kappa shape index (κ2) is 5.28. The Bertz CT molecular complexity index is 653. The summed E-state index contributed by atoms with van der Waals surface area (Å²) < 4.78 is 2.04. The Morgan fingerprint density at radius 1 is 1.33 bits per heavy atom. The van der Waals surface area contributed by atoms with Crippen LogP contribution in [-0.4, -0.2) is 17.0 Å². The summed E-state index contributed by atoms with van der Waals surface area (Å²) in [6.07, 6.45) is 4.14. The van der Waals surface area contributed by atoms with Crippen LogP contribution in [0.1, 0.15) is 41.9 Å². The molecular formula is C17H21N3O. The van der Waals surface area contributed by atoms with E-state index in [2.05, 4.69) is 0 Å². The van der Waals surface area contributed by atoms with Crippen LogP contribution in [0.3, 0.4) is 0 Å². The Hall–Kier alpha value is -2.23. The van der Waals surface area contributed by atoms with E-state index in [-0.39, 0.29) is 5.91 Å². The van der Waals surface area contributed by atoms with Gasteiger partial charge >= 0.3 is 0 Å². The molecule has 1 aromatic heterocycles. The van der Waals surface area contributed by atoms with Crippen LogP contribution in [0.5, 0.6) is 0 Å². The normalized spacial score (nSPS) is 14.2. The first-order chi connectivity index (χ1) is 10.1. The van der Waals surface area contributed by atoms with Gasteiger partial charge in [-0.25, -0.2) is 0 Å². The van der Waals surface area contributed by atoms with Crippen molar-refractivity contribution >= 4 is 17.3 Å². The summed E-state index contributed by atoms with van der Waals surface area (Å²) in [6.45, 7) is 4.67. The van der Waals surface area contributed by atoms with Crippen molar-refractivity contribution in [1.29, 1.82) is 0 Å². The molecule has 3 rings (SSSR count). The van der Waals surface area contributed by atoms with Crippen LogP contribution in [0, 0.1) is 6.92 Å². The summed E-state index contributed by atoms with van der Waals surface area (Å²) in [4.78, 5) is 14.7. The second-order valence-corrected chi connectivity index (χ2v) is 5.68. The van der Waals surface area contributed by atoms with E-state index in [1.54, 1.807) is 11.0 Å². The minimum Gasteiger partial charge on any atom is -0.397 e. The molecule has 2 aromatic rings. The maximum atomic E-state index is 12.9. The predicted octanol–water partition coefficient (Wildman–Crippen LogP) is 3.38. The average molecular weight is 283 g/mol. The number of amides is 1. The zero-order valence-corrected chi connectivity index (χ0v) is 12.5. The number of hydrogen-bond donors (Lipinski definition) is 1. The minimum atomic E-state index is 0.0185. The molecule has 1 aromatic carbocycles. The van der Waals surface area contributed by atoms with Crippen molar-refractivity contribution in [2.24, 2.45) is 0 Å². The smallest absolute Gasteiger partial charge is 0.274 e. The van der Waals surface area contributed by atoms with Crippen molar-refractivity contribution in [1.82, 2.24) is 4.57 Å². The van der Waals surface area contributed by atoms with Gasteiger partial charge < -0.3 is 15.2 Å². The van der Waals surface area contributed by atoms with Crippen molar-refractivity contribution in [2.75, 3.05) is 17.2 Å². The Labute approximate surface area is 125 Å². The fourth-order valence-corrected chi connectivity index (χ4v) is 2.63. The van der Waals surface area contributed by atoms with E-state index >= 15 is 0 Å². The van der Waals surface area contributed by atoms with Gasteiger partial charge in [0.05, 0.1) is 5.69 Å². The van der Waals surface area contributed by atoms with Crippen LogP contribution in [0.2, 0.25) is 0 Å². The van der Waals surface area contributed by atoms with Crippen molar-refractivity contribution in [2.45, 2.75) is 32.7 Å². The van der Waals surface area contributed by atoms with E-state index in [1.807, 2.05) is 48.9 Å². The van der Waals surface area contributed by atoms with Gasteiger partial charge in [0.1, 0.15) is 5.69 Å².